The fraction of sp³-hybridized carbons (Fsp3) is 0.333. The molecule has 0 unspecified atom stereocenters. The van der Waals surface area contributed by atoms with Gasteiger partial charge in [0.05, 0.1) is 0 Å². The minimum atomic E-state index is -0.193. The van der Waals surface area contributed by atoms with Crippen molar-refractivity contribution in [1.82, 2.24) is 10.3 Å². The van der Waals surface area contributed by atoms with Gasteiger partial charge in [-0.1, -0.05) is 32.0 Å². The number of pyridine rings is 1. The number of nitrogens with zero attached hydrogens (tertiary/aromatic N) is 4. The van der Waals surface area contributed by atoms with Gasteiger partial charge >= 0.3 is 6.03 Å². The molecule has 0 saturated carbocycles. The Morgan fingerprint density at radius 1 is 1.00 bits per heavy atom. The van der Waals surface area contributed by atoms with Gasteiger partial charge in [0.2, 0.25) is 5.91 Å². The van der Waals surface area contributed by atoms with Crippen LogP contribution >= 0.6 is 0 Å². The molecule has 0 spiro atoms. The molecule has 2 aliphatic rings. The van der Waals surface area contributed by atoms with Crippen LogP contribution in [0, 0.1) is 5.92 Å². The van der Waals surface area contributed by atoms with E-state index in [1.807, 2.05) is 48.2 Å². The van der Waals surface area contributed by atoms with Crippen LogP contribution in [0.2, 0.25) is 0 Å². The second kappa shape index (κ2) is 10.3. The number of anilines is 3. The summed E-state index contributed by atoms with van der Waals surface area (Å²) in [5, 5.41) is 2.63. The van der Waals surface area contributed by atoms with E-state index in [9.17, 15) is 14.4 Å². The van der Waals surface area contributed by atoms with Crippen molar-refractivity contribution in [3.8, 4) is 11.1 Å². The second-order valence-corrected chi connectivity index (χ2v) is 9.97. The van der Waals surface area contributed by atoms with Gasteiger partial charge in [-0.15, -0.1) is 0 Å². The molecule has 0 bridgehead atoms. The number of hydrogen-bond donors (Lipinski definition) is 1. The van der Waals surface area contributed by atoms with E-state index in [4.69, 9.17) is 0 Å². The highest BCUT2D eigenvalue weighted by Crippen LogP contribution is 2.35. The van der Waals surface area contributed by atoms with Crippen LogP contribution in [-0.2, 0) is 11.2 Å². The molecule has 2 atom stereocenters. The molecule has 196 valence electrons. The average molecular weight is 512 g/mol. The topological polar surface area (TPSA) is 85.8 Å². The van der Waals surface area contributed by atoms with Gasteiger partial charge in [0.25, 0.3) is 5.91 Å². The summed E-state index contributed by atoms with van der Waals surface area (Å²) in [5.41, 5.74) is 5.13. The van der Waals surface area contributed by atoms with E-state index in [1.165, 1.54) is 0 Å². The Morgan fingerprint density at radius 3 is 2.39 bits per heavy atom. The van der Waals surface area contributed by atoms with Gasteiger partial charge in [-0.2, -0.15) is 0 Å². The molecule has 2 fully saturated rings. The van der Waals surface area contributed by atoms with Gasteiger partial charge in [-0.05, 0) is 67.3 Å². The standard InChI is InChI=1S/C30H33N5O3/c1-5-25-26(21-9-11-23(12-10-21)35-20(3)17-19(2)29(35)37)13-14-32-27(25)34-16-15-33(30(34)38)24-8-6-7-22(18-24)28(36)31-4/h6-14,18-20H,5,15-17H2,1-4H3,(H,31,36)/t19-,20-/m1/s1. The van der Waals surface area contributed by atoms with E-state index < -0.39 is 0 Å². The zero-order chi connectivity index (χ0) is 27.0. The molecule has 2 aromatic carbocycles. The number of amides is 4. The maximum absolute atomic E-state index is 13.5. The Labute approximate surface area is 223 Å². The van der Waals surface area contributed by atoms with Crippen LogP contribution in [-0.4, -0.2) is 49.0 Å². The highest BCUT2D eigenvalue weighted by molar-refractivity contribution is 6.07. The summed E-state index contributed by atoms with van der Waals surface area (Å²) in [6.07, 6.45) is 3.31. The summed E-state index contributed by atoms with van der Waals surface area (Å²) in [7, 11) is 1.59. The van der Waals surface area contributed by atoms with Crippen LogP contribution in [0.1, 0.15) is 43.1 Å². The van der Waals surface area contributed by atoms with Crippen LogP contribution in [0.4, 0.5) is 22.0 Å². The molecule has 3 aromatic rings. The average Bonchev–Trinajstić information content (AvgIpc) is 3.45. The lowest BCUT2D eigenvalue weighted by atomic mass is 9.98. The summed E-state index contributed by atoms with van der Waals surface area (Å²) < 4.78 is 0. The van der Waals surface area contributed by atoms with Crippen LogP contribution in [0.15, 0.2) is 60.8 Å². The van der Waals surface area contributed by atoms with Crippen molar-refractivity contribution in [3.05, 3.63) is 71.9 Å². The van der Waals surface area contributed by atoms with Crippen molar-refractivity contribution in [2.24, 2.45) is 5.92 Å². The van der Waals surface area contributed by atoms with Crippen molar-refractivity contribution < 1.29 is 14.4 Å². The maximum atomic E-state index is 13.5. The van der Waals surface area contributed by atoms with Crippen molar-refractivity contribution in [1.29, 1.82) is 0 Å². The first-order chi connectivity index (χ1) is 18.3. The Hall–Kier alpha value is -4.20. The van der Waals surface area contributed by atoms with E-state index in [2.05, 4.69) is 24.1 Å². The van der Waals surface area contributed by atoms with Crippen molar-refractivity contribution in [2.75, 3.05) is 34.8 Å². The van der Waals surface area contributed by atoms with Gasteiger partial charge in [0.15, 0.2) is 0 Å². The normalized spacial score (nSPS) is 19.4. The highest BCUT2D eigenvalue weighted by atomic mass is 16.2. The zero-order valence-electron chi connectivity index (χ0n) is 22.3. The summed E-state index contributed by atoms with van der Waals surface area (Å²) in [4.78, 5) is 48.2. The quantitative estimate of drug-likeness (QED) is 0.511. The predicted molar refractivity (Wildman–Crippen MR) is 150 cm³/mol. The smallest absolute Gasteiger partial charge is 0.330 e. The Morgan fingerprint density at radius 2 is 1.74 bits per heavy atom. The summed E-state index contributed by atoms with van der Waals surface area (Å²) in [6, 6.07) is 17.2. The fourth-order valence-corrected chi connectivity index (χ4v) is 5.62. The van der Waals surface area contributed by atoms with Gasteiger partial charge in [0, 0.05) is 60.8 Å². The van der Waals surface area contributed by atoms with E-state index in [1.54, 1.807) is 41.2 Å². The Kier molecular flexibility index (Phi) is 6.89. The molecule has 38 heavy (non-hydrogen) atoms. The number of nitrogens with one attached hydrogen (secondary N) is 1. The third-order valence-electron chi connectivity index (χ3n) is 7.55. The molecular weight excluding hydrogens is 478 g/mol. The number of aromatic nitrogens is 1. The van der Waals surface area contributed by atoms with Crippen LogP contribution in [0.3, 0.4) is 0 Å². The van der Waals surface area contributed by atoms with Crippen LogP contribution < -0.4 is 20.0 Å². The molecular formula is C30H33N5O3. The lowest BCUT2D eigenvalue weighted by Gasteiger charge is -2.23. The molecule has 4 amide bonds. The van der Waals surface area contributed by atoms with Gasteiger partial charge in [0.1, 0.15) is 5.82 Å². The lowest BCUT2D eigenvalue weighted by Crippen LogP contribution is -2.33. The minimum Gasteiger partial charge on any atom is -0.355 e. The fourth-order valence-electron chi connectivity index (χ4n) is 5.62. The number of urea groups is 1. The molecule has 2 saturated heterocycles. The molecule has 0 aliphatic carbocycles. The zero-order valence-corrected chi connectivity index (χ0v) is 22.3. The van der Waals surface area contributed by atoms with Gasteiger partial charge in [-0.3, -0.25) is 19.4 Å². The van der Waals surface area contributed by atoms with Crippen LogP contribution in [0.5, 0.6) is 0 Å². The molecule has 8 nitrogen and oxygen atoms in total. The largest absolute Gasteiger partial charge is 0.355 e. The second-order valence-electron chi connectivity index (χ2n) is 9.97. The number of carbonyl (C=O) groups excluding carboxylic acids is 3. The number of carbonyl (C=O) groups is 3. The Balaban J connectivity index is 1.42. The van der Waals surface area contributed by atoms with E-state index in [0.29, 0.717) is 36.6 Å². The Bertz CT molecular complexity index is 1390. The number of rotatable bonds is 6. The summed E-state index contributed by atoms with van der Waals surface area (Å²) in [5.74, 6) is 0.676. The summed E-state index contributed by atoms with van der Waals surface area (Å²) in [6.45, 7) is 7.14. The van der Waals surface area contributed by atoms with Crippen molar-refractivity contribution >= 4 is 35.0 Å². The SMILES string of the molecule is CCc1c(-c2ccc(N3C(=O)[C@H](C)C[C@H]3C)cc2)ccnc1N1CCN(c2cccc(C(=O)NC)c2)C1=O. The first kappa shape index (κ1) is 25.4. The monoisotopic (exact) mass is 511 g/mol. The van der Waals surface area contributed by atoms with E-state index >= 15 is 0 Å². The molecule has 5 rings (SSSR count). The highest BCUT2D eigenvalue weighted by Gasteiger charge is 2.35. The third-order valence-corrected chi connectivity index (χ3v) is 7.55. The van der Waals surface area contributed by atoms with Crippen molar-refractivity contribution in [3.63, 3.8) is 0 Å². The lowest BCUT2D eigenvalue weighted by molar-refractivity contribution is -0.120. The van der Waals surface area contributed by atoms with Crippen LogP contribution in [0.25, 0.3) is 11.1 Å². The summed E-state index contributed by atoms with van der Waals surface area (Å²) >= 11 is 0. The maximum Gasteiger partial charge on any atom is 0.330 e. The first-order valence-electron chi connectivity index (χ1n) is 13.2. The number of benzene rings is 2. The first-order valence-corrected chi connectivity index (χ1v) is 13.2. The molecule has 1 N–H and O–H groups in total. The molecule has 3 heterocycles. The number of hydrogen-bond acceptors (Lipinski definition) is 4. The van der Waals surface area contributed by atoms with E-state index in [-0.39, 0.29) is 29.8 Å². The molecule has 0 radical (unpaired) electrons. The molecule has 2 aliphatic heterocycles. The van der Waals surface area contributed by atoms with E-state index in [0.717, 1.165) is 28.8 Å². The van der Waals surface area contributed by atoms with Crippen molar-refractivity contribution in [2.45, 2.75) is 39.7 Å². The molecule has 1 aromatic heterocycles. The van der Waals surface area contributed by atoms with Gasteiger partial charge < -0.3 is 10.2 Å². The molecule has 8 heteroatoms. The predicted octanol–water partition coefficient (Wildman–Crippen LogP) is 4.88. The van der Waals surface area contributed by atoms with Gasteiger partial charge in [-0.25, -0.2) is 9.78 Å². The minimum absolute atomic E-state index is 0.0444. The third kappa shape index (κ3) is 4.40.